The predicted octanol–water partition coefficient (Wildman–Crippen LogP) is 3.45. The first-order chi connectivity index (χ1) is 11.3. The number of carbonyl (C=O) groups is 1. The summed E-state index contributed by atoms with van der Waals surface area (Å²) in [6.07, 6.45) is 3.90. The smallest absolute Gasteiger partial charge is 0.260 e. The number of nitrogens with two attached hydrogens (primary N) is 1. The Morgan fingerprint density at radius 3 is 2.58 bits per heavy atom. The average molecular weight is 328 g/mol. The van der Waals surface area contributed by atoms with E-state index in [9.17, 15) is 4.79 Å². The van der Waals surface area contributed by atoms with Gasteiger partial charge in [0.05, 0.1) is 16.8 Å². The molecule has 6 heteroatoms. The number of aromatic nitrogens is 2. The van der Waals surface area contributed by atoms with Crippen LogP contribution in [-0.2, 0) is 10.3 Å². The molecule has 0 bridgehead atoms. The molecule has 1 amide bonds. The summed E-state index contributed by atoms with van der Waals surface area (Å²) >= 11 is 0. The van der Waals surface area contributed by atoms with E-state index < -0.39 is 11.0 Å². The van der Waals surface area contributed by atoms with Gasteiger partial charge in [0.25, 0.3) is 5.89 Å². The lowest BCUT2D eigenvalue weighted by molar-refractivity contribution is -0.123. The van der Waals surface area contributed by atoms with Gasteiger partial charge in [-0.25, -0.2) is 0 Å². The zero-order chi connectivity index (χ0) is 17.4. The van der Waals surface area contributed by atoms with E-state index in [1.807, 2.05) is 45.0 Å². The number of para-hydroxylation sites is 1. The minimum atomic E-state index is -0.495. The Labute approximate surface area is 141 Å². The second kappa shape index (κ2) is 6.02. The molecule has 2 aromatic rings. The Morgan fingerprint density at radius 1 is 1.25 bits per heavy atom. The summed E-state index contributed by atoms with van der Waals surface area (Å²) in [5, 5.41) is 7.03. The third kappa shape index (κ3) is 3.19. The highest BCUT2D eigenvalue weighted by molar-refractivity contribution is 5.97. The molecule has 0 spiro atoms. The number of carbonyl (C=O) groups excluding carboxylic acids is 1. The van der Waals surface area contributed by atoms with Crippen molar-refractivity contribution in [2.45, 2.75) is 52.0 Å². The van der Waals surface area contributed by atoms with Crippen molar-refractivity contribution in [1.82, 2.24) is 10.1 Å². The van der Waals surface area contributed by atoms with Gasteiger partial charge in [-0.1, -0.05) is 50.9 Å². The van der Waals surface area contributed by atoms with Crippen molar-refractivity contribution < 1.29 is 9.32 Å². The maximum Gasteiger partial charge on any atom is 0.260 e. The standard InChI is InChI=1S/C18H24N4O2/c1-17(2,3)16(23)20-13-9-5-4-8-12(13)14-21-15(22-24-14)18(19)10-6-7-11-18/h4-5,8-9H,6-7,10-11,19H2,1-3H3,(H,20,23). The summed E-state index contributed by atoms with van der Waals surface area (Å²) in [5.41, 5.74) is 6.77. The van der Waals surface area contributed by atoms with Gasteiger partial charge in [0.15, 0.2) is 5.82 Å². The molecule has 0 aliphatic heterocycles. The molecule has 0 atom stereocenters. The van der Waals surface area contributed by atoms with Gasteiger partial charge in [-0.3, -0.25) is 4.79 Å². The van der Waals surface area contributed by atoms with Gasteiger partial charge in [-0.05, 0) is 25.0 Å². The number of nitrogens with zero attached hydrogens (tertiary/aromatic N) is 2. The van der Waals surface area contributed by atoms with Crippen LogP contribution < -0.4 is 11.1 Å². The number of hydrogen-bond acceptors (Lipinski definition) is 5. The molecule has 1 aromatic carbocycles. The first-order valence-corrected chi connectivity index (χ1v) is 8.33. The molecule has 3 rings (SSSR count). The number of amides is 1. The highest BCUT2D eigenvalue weighted by Gasteiger charge is 2.36. The lowest BCUT2D eigenvalue weighted by Crippen LogP contribution is -2.34. The van der Waals surface area contributed by atoms with Crippen molar-refractivity contribution in [3.05, 3.63) is 30.1 Å². The van der Waals surface area contributed by atoms with Crippen LogP contribution in [0.2, 0.25) is 0 Å². The molecule has 24 heavy (non-hydrogen) atoms. The van der Waals surface area contributed by atoms with Crippen molar-refractivity contribution in [3.63, 3.8) is 0 Å². The van der Waals surface area contributed by atoms with Gasteiger partial charge in [-0.15, -0.1) is 0 Å². The van der Waals surface area contributed by atoms with E-state index in [1.54, 1.807) is 0 Å². The van der Waals surface area contributed by atoms with E-state index in [4.69, 9.17) is 10.3 Å². The van der Waals surface area contributed by atoms with Crippen LogP contribution in [-0.4, -0.2) is 16.0 Å². The van der Waals surface area contributed by atoms with Crippen LogP contribution in [0, 0.1) is 5.41 Å². The number of hydrogen-bond donors (Lipinski definition) is 2. The first-order valence-electron chi connectivity index (χ1n) is 8.33. The first kappa shape index (κ1) is 16.6. The van der Waals surface area contributed by atoms with E-state index in [0.29, 0.717) is 23.0 Å². The van der Waals surface area contributed by atoms with Crippen LogP contribution in [0.15, 0.2) is 28.8 Å². The lowest BCUT2D eigenvalue weighted by Gasteiger charge is -2.19. The van der Waals surface area contributed by atoms with Gasteiger partial charge >= 0.3 is 0 Å². The minimum absolute atomic E-state index is 0.0687. The highest BCUT2D eigenvalue weighted by atomic mass is 16.5. The maximum atomic E-state index is 12.3. The molecule has 3 N–H and O–H groups in total. The number of rotatable bonds is 3. The molecule has 128 valence electrons. The van der Waals surface area contributed by atoms with Crippen LogP contribution in [0.25, 0.3) is 11.5 Å². The highest BCUT2D eigenvalue weighted by Crippen LogP contribution is 2.36. The maximum absolute atomic E-state index is 12.3. The molecule has 0 unspecified atom stereocenters. The Kier molecular flexibility index (Phi) is 4.17. The van der Waals surface area contributed by atoms with Crippen LogP contribution in [0.1, 0.15) is 52.3 Å². The van der Waals surface area contributed by atoms with E-state index in [-0.39, 0.29) is 5.91 Å². The molecule has 6 nitrogen and oxygen atoms in total. The molecular weight excluding hydrogens is 304 g/mol. The lowest BCUT2D eigenvalue weighted by atomic mass is 9.95. The van der Waals surface area contributed by atoms with Gasteiger partial charge in [0, 0.05) is 5.41 Å². The van der Waals surface area contributed by atoms with Crippen LogP contribution in [0.3, 0.4) is 0 Å². The number of nitrogens with one attached hydrogen (secondary N) is 1. The van der Waals surface area contributed by atoms with Gasteiger partial charge in [0.1, 0.15) is 0 Å². The fourth-order valence-corrected chi connectivity index (χ4v) is 2.85. The van der Waals surface area contributed by atoms with E-state index in [1.165, 1.54) is 0 Å². The fourth-order valence-electron chi connectivity index (χ4n) is 2.85. The molecule has 1 heterocycles. The predicted molar refractivity (Wildman–Crippen MR) is 92.2 cm³/mol. The third-order valence-electron chi connectivity index (χ3n) is 4.45. The zero-order valence-electron chi connectivity index (χ0n) is 14.4. The number of benzene rings is 1. The quantitative estimate of drug-likeness (QED) is 0.900. The molecule has 1 aliphatic carbocycles. The third-order valence-corrected chi connectivity index (χ3v) is 4.45. The second-order valence-electron chi connectivity index (χ2n) is 7.54. The number of anilines is 1. The van der Waals surface area contributed by atoms with Crippen molar-refractivity contribution in [1.29, 1.82) is 0 Å². The summed E-state index contributed by atoms with van der Waals surface area (Å²) in [7, 11) is 0. The monoisotopic (exact) mass is 328 g/mol. The Bertz CT molecular complexity index is 739. The topological polar surface area (TPSA) is 94.0 Å². The van der Waals surface area contributed by atoms with Crippen molar-refractivity contribution in [2.24, 2.45) is 11.1 Å². The van der Waals surface area contributed by atoms with Gasteiger partial charge < -0.3 is 15.6 Å². The van der Waals surface area contributed by atoms with Crippen LogP contribution in [0.4, 0.5) is 5.69 Å². The average Bonchev–Trinajstić information content (AvgIpc) is 3.17. The summed E-state index contributed by atoms with van der Waals surface area (Å²) < 4.78 is 5.44. The Hall–Kier alpha value is -2.21. The molecule has 1 aromatic heterocycles. The second-order valence-corrected chi connectivity index (χ2v) is 7.54. The summed E-state index contributed by atoms with van der Waals surface area (Å²) in [4.78, 5) is 16.8. The van der Waals surface area contributed by atoms with Crippen LogP contribution >= 0.6 is 0 Å². The van der Waals surface area contributed by atoms with E-state index in [0.717, 1.165) is 25.7 Å². The SMILES string of the molecule is CC(C)(C)C(=O)Nc1ccccc1-c1nc(C2(N)CCCC2)no1. The molecule has 1 saturated carbocycles. The molecule has 0 saturated heterocycles. The zero-order valence-corrected chi connectivity index (χ0v) is 14.4. The largest absolute Gasteiger partial charge is 0.334 e. The summed E-state index contributed by atoms with van der Waals surface area (Å²) in [5.74, 6) is 0.860. The fraction of sp³-hybridized carbons (Fsp3) is 0.500. The molecule has 0 radical (unpaired) electrons. The van der Waals surface area contributed by atoms with Gasteiger partial charge in [0.2, 0.25) is 5.91 Å². The molecule has 1 aliphatic rings. The molecular formula is C18H24N4O2. The summed E-state index contributed by atoms with van der Waals surface area (Å²) in [6.45, 7) is 5.61. The van der Waals surface area contributed by atoms with Crippen LogP contribution in [0.5, 0.6) is 0 Å². The van der Waals surface area contributed by atoms with Crippen molar-refractivity contribution in [2.75, 3.05) is 5.32 Å². The van der Waals surface area contributed by atoms with E-state index >= 15 is 0 Å². The Balaban J connectivity index is 1.91. The normalized spacial score (nSPS) is 17.0. The Morgan fingerprint density at radius 2 is 1.92 bits per heavy atom. The van der Waals surface area contributed by atoms with E-state index in [2.05, 4.69) is 15.5 Å². The van der Waals surface area contributed by atoms with Crippen molar-refractivity contribution >= 4 is 11.6 Å². The minimum Gasteiger partial charge on any atom is -0.334 e. The molecule has 1 fully saturated rings. The summed E-state index contributed by atoms with van der Waals surface area (Å²) in [6, 6.07) is 7.42. The van der Waals surface area contributed by atoms with Gasteiger partial charge in [-0.2, -0.15) is 4.98 Å². The van der Waals surface area contributed by atoms with Crippen molar-refractivity contribution in [3.8, 4) is 11.5 Å².